The van der Waals surface area contributed by atoms with Gasteiger partial charge in [-0.05, 0) is 15.9 Å². The average molecular weight is 276 g/mol. The summed E-state index contributed by atoms with van der Waals surface area (Å²) >= 11 is 3.31. The van der Waals surface area contributed by atoms with Crippen molar-refractivity contribution in [2.45, 2.75) is 12.6 Å². The van der Waals surface area contributed by atoms with Gasteiger partial charge >= 0.3 is 6.09 Å². The quantitative estimate of drug-likeness (QED) is 0.822. The van der Waals surface area contributed by atoms with Gasteiger partial charge in [0.2, 0.25) is 5.88 Å². The van der Waals surface area contributed by atoms with E-state index in [-0.39, 0.29) is 6.10 Å². The topological polar surface area (TPSA) is 65.4 Å². The van der Waals surface area contributed by atoms with E-state index in [1.165, 1.54) is 7.05 Å². The number of alkyl carbamates (subject to hydrolysis) is 1. The lowest BCUT2D eigenvalue weighted by molar-refractivity contribution is 0.0311. The van der Waals surface area contributed by atoms with Crippen LogP contribution in [0.1, 0.15) is 0 Å². The van der Waals surface area contributed by atoms with Gasteiger partial charge in [0.15, 0.2) is 6.10 Å². The minimum Gasteiger partial charge on any atom is -0.473 e. The highest BCUT2D eigenvalue weighted by Gasteiger charge is 2.24. The molecular weight excluding hydrogens is 266 g/mol. The van der Waals surface area contributed by atoms with Crippen LogP contribution in [0.25, 0.3) is 0 Å². The summed E-state index contributed by atoms with van der Waals surface area (Å²) in [6.45, 7) is 0.853. The van der Waals surface area contributed by atoms with E-state index in [4.69, 9.17) is 9.47 Å². The average Bonchev–Trinajstić information content (AvgIpc) is 2.60. The number of aromatic nitrogens is 2. The predicted molar refractivity (Wildman–Crippen MR) is 54.8 cm³/mol. The van der Waals surface area contributed by atoms with Crippen molar-refractivity contribution in [3.05, 3.63) is 10.7 Å². The number of halogens is 1. The summed E-state index contributed by atoms with van der Waals surface area (Å²) in [5.74, 6) is 0.673. The first-order valence-electron chi connectivity index (χ1n) is 4.43. The molecule has 15 heavy (non-hydrogen) atoms. The molecule has 2 heterocycles. The zero-order valence-electron chi connectivity index (χ0n) is 8.07. The van der Waals surface area contributed by atoms with Crippen LogP contribution in [0, 0.1) is 0 Å². The normalized spacial score (nSPS) is 18.9. The Balaban J connectivity index is 2.03. The minimum absolute atomic E-state index is 0.302. The SMILES string of the molecule is CNC(=O)O[C@H]1COc2c(Br)cnn2C1. The van der Waals surface area contributed by atoms with E-state index >= 15 is 0 Å². The summed E-state index contributed by atoms with van der Waals surface area (Å²) in [6, 6.07) is 0. The molecule has 0 radical (unpaired) electrons. The van der Waals surface area contributed by atoms with Crippen LogP contribution in [0.5, 0.6) is 5.88 Å². The van der Waals surface area contributed by atoms with Crippen molar-refractivity contribution in [2.24, 2.45) is 0 Å². The maximum Gasteiger partial charge on any atom is 0.407 e. The Morgan fingerprint density at radius 2 is 2.67 bits per heavy atom. The molecule has 1 aromatic rings. The number of hydrogen-bond acceptors (Lipinski definition) is 4. The van der Waals surface area contributed by atoms with Crippen LogP contribution in [0.4, 0.5) is 4.79 Å². The highest BCUT2D eigenvalue weighted by atomic mass is 79.9. The van der Waals surface area contributed by atoms with Gasteiger partial charge in [0, 0.05) is 7.05 Å². The zero-order valence-corrected chi connectivity index (χ0v) is 9.65. The fourth-order valence-corrected chi connectivity index (χ4v) is 1.73. The third kappa shape index (κ3) is 2.06. The van der Waals surface area contributed by atoms with E-state index in [0.717, 1.165) is 4.47 Å². The Morgan fingerprint density at radius 3 is 3.40 bits per heavy atom. The summed E-state index contributed by atoms with van der Waals surface area (Å²) in [5.41, 5.74) is 0. The summed E-state index contributed by atoms with van der Waals surface area (Å²) < 4.78 is 12.9. The minimum atomic E-state index is -0.460. The Kier molecular flexibility index (Phi) is 2.81. The van der Waals surface area contributed by atoms with Gasteiger partial charge in [-0.3, -0.25) is 0 Å². The molecule has 0 unspecified atom stereocenters. The van der Waals surface area contributed by atoms with Crippen molar-refractivity contribution in [1.29, 1.82) is 0 Å². The first-order valence-corrected chi connectivity index (χ1v) is 5.22. The number of nitrogens with zero attached hydrogens (tertiary/aromatic N) is 2. The summed E-state index contributed by atoms with van der Waals surface area (Å²) in [4.78, 5) is 11.0. The van der Waals surface area contributed by atoms with E-state index in [0.29, 0.717) is 19.0 Å². The molecule has 1 aliphatic rings. The molecule has 0 fully saturated rings. The number of nitrogens with one attached hydrogen (secondary N) is 1. The molecule has 1 N–H and O–H groups in total. The third-order valence-electron chi connectivity index (χ3n) is 2.01. The van der Waals surface area contributed by atoms with Crippen molar-refractivity contribution in [3.8, 4) is 5.88 Å². The molecule has 1 aliphatic heterocycles. The van der Waals surface area contributed by atoms with Gasteiger partial charge in [0.25, 0.3) is 0 Å². The van der Waals surface area contributed by atoms with E-state index in [1.807, 2.05) is 0 Å². The third-order valence-corrected chi connectivity index (χ3v) is 2.55. The molecule has 6 nitrogen and oxygen atoms in total. The van der Waals surface area contributed by atoms with Gasteiger partial charge in [-0.2, -0.15) is 5.10 Å². The summed E-state index contributed by atoms with van der Waals surface area (Å²) in [6.07, 6.45) is 0.889. The smallest absolute Gasteiger partial charge is 0.407 e. The predicted octanol–water partition coefficient (Wildman–Crippen LogP) is 0.763. The first kappa shape index (κ1) is 10.3. The molecule has 0 aromatic carbocycles. The molecule has 82 valence electrons. The van der Waals surface area contributed by atoms with Gasteiger partial charge in [-0.25, -0.2) is 9.48 Å². The number of ether oxygens (including phenoxy) is 2. The molecular formula is C8H10BrN3O3. The van der Waals surface area contributed by atoms with Crippen LogP contribution >= 0.6 is 15.9 Å². The lowest BCUT2D eigenvalue weighted by Gasteiger charge is -2.23. The Labute approximate surface area is 94.7 Å². The van der Waals surface area contributed by atoms with E-state index in [1.54, 1.807) is 10.9 Å². The fourth-order valence-electron chi connectivity index (χ4n) is 1.32. The maximum atomic E-state index is 11.0. The second-order valence-electron chi connectivity index (χ2n) is 3.07. The number of carbonyl (C=O) groups excluding carboxylic acids is 1. The fraction of sp³-hybridized carbons (Fsp3) is 0.500. The monoisotopic (exact) mass is 275 g/mol. The Morgan fingerprint density at radius 1 is 1.87 bits per heavy atom. The number of fused-ring (bicyclic) bond motifs is 1. The van der Waals surface area contributed by atoms with Gasteiger partial charge in [0.05, 0.1) is 17.2 Å². The van der Waals surface area contributed by atoms with E-state index in [9.17, 15) is 4.79 Å². The molecule has 1 amide bonds. The highest BCUT2D eigenvalue weighted by molar-refractivity contribution is 9.10. The Bertz CT molecular complexity index is 379. The standard InChI is InChI=1S/C8H10BrN3O3/c1-10-8(13)15-5-3-12-7(14-4-5)6(9)2-11-12/h2,5H,3-4H2,1H3,(H,10,13)/t5-/m1/s1. The number of amides is 1. The molecule has 1 atom stereocenters. The second-order valence-corrected chi connectivity index (χ2v) is 3.92. The van der Waals surface area contributed by atoms with Gasteiger partial charge in [-0.1, -0.05) is 0 Å². The molecule has 0 saturated carbocycles. The van der Waals surface area contributed by atoms with Crippen LogP contribution in [0.15, 0.2) is 10.7 Å². The van der Waals surface area contributed by atoms with Crippen LogP contribution in [-0.4, -0.2) is 35.6 Å². The molecule has 2 rings (SSSR count). The maximum absolute atomic E-state index is 11.0. The van der Waals surface area contributed by atoms with Crippen molar-refractivity contribution in [3.63, 3.8) is 0 Å². The summed E-state index contributed by atoms with van der Waals surface area (Å²) in [7, 11) is 1.52. The van der Waals surface area contributed by atoms with Crippen molar-refractivity contribution in [1.82, 2.24) is 15.1 Å². The van der Waals surface area contributed by atoms with Crippen molar-refractivity contribution < 1.29 is 14.3 Å². The molecule has 0 spiro atoms. The van der Waals surface area contributed by atoms with Gasteiger partial charge in [-0.15, -0.1) is 0 Å². The highest BCUT2D eigenvalue weighted by Crippen LogP contribution is 2.27. The van der Waals surface area contributed by atoms with Crippen molar-refractivity contribution in [2.75, 3.05) is 13.7 Å². The number of rotatable bonds is 1. The lowest BCUT2D eigenvalue weighted by Crippen LogP contribution is -2.36. The Hall–Kier alpha value is -1.24. The molecule has 7 heteroatoms. The van der Waals surface area contributed by atoms with E-state index < -0.39 is 6.09 Å². The van der Waals surface area contributed by atoms with Crippen molar-refractivity contribution >= 4 is 22.0 Å². The lowest BCUT2D eigenvalue weighted by atomic mass is 10.3. The number of carbonyl (C=O) groups is 1. The molecule has 0 aliphatic carbocycles. The largest absolute Gasteiger partial charge is 0.473 e. The van der Waals surface area contributed by atoms with Crippen LogP contribution in [-0.2, 0) is 11.3 Å². The van der Waals surface area contributed by atoms with Crippen LogP contribution < -0.4 is 10.1 Å². The second kappa shape index (κ2) is 4.09. The first-order chi connectivity index (χ1) is 7.20. The molecule has 0 saturated heterocycles. The van der Waals surface area contributed by atoms with Gasteiger partial charge in [0.1, 0.15) is 6.61 Å². The zero-order chi connectivity index (χ0) is 10.8. The molecule has 1 aromatic heterocycles. The van der Waals surface area contributed by atoms with E-state index in [2.05, 4.69) is 26.3 Å². The summed E-state index contributed by atoms with van der Waals surface area (Å²) in [5, 5.41) is 6.46. The van der Waals surface area contributed by atoms with Crippen LogP contribution in [0.3, 0.4) is 0 Å². The van der Waals surface area contributed by atoms with Crippen LogP contribution in [0.2, 0.25) is 0 Å². The van der Waals surface area contributed by atoms with Gasteiger partial charge < -0.3 is 14.8 Å². The molecule has 0 bridgehead atoms. The number of hydrogen-bond donors (Lipinski definition) is 1.